The second kappa shape index (κ2) is 7.01. The van der Waals surface area contributed by atoms with Crippen molar-refractivity contribution in [2.45, 2.75) is 5.16 Å². The van der Waals surface area contributed by atoms with E-state index in [1.165, 1.54) is 16.4 Å². The summed E-state index contributed by atoms with van der Waals surface area (Å²) in [6.07, 6.45) is 1.54. The zero-order valence-corrected chi connectivity index (χ0v) is 12.1. The van der Waals surface area contributed by atoms with Crippen molar-refractivity contribution in [3.8, 4) is 0 Å². The van der Waals surface area contributed by atoms with Crippen molar-refractivity contribution >= 4 is 35.5 Å². The number of nitrogens with zero attached hydrogens (tertiary/aromatic N) is 5. The van der Waals surface area contributed by atoms with Crippen LogP contribution >= 0.6 is 23.4 Å². The molecule has 0 saturated carbocycles. The summed E-state index contributed by atoms with van der Waals surface area (Å²) in [5, 5.41) is 16.0. The third kappa shape index (κ3) is 4.32. The van der Waals surface area contributed by atoms with E-state index in [1.807, 2.05) is 0 Å². The average Bonchev–Trinajstić information content (AvgIpc) is 2.84. The summed E-state index contributed by atoms with van der Waals surface area (Å²) in [6.45, 7) is 0. The molecule has 7 nitrogen and oxygen atoms in total. The number of hydrogen-bond donors (Lipinski definition) is 1. The molecule has 0 atom stereocenters. The molecule has 2 aromatic rings. The standard InChI is InChI=1S/C11H11ClN6OS/c1-18-11(15-16-17-18)20-7-10(19)14-13-6-8-2-4-9(12)5-3-8/h2-6H,7H2,1H3,(H,14,19)/b13-6+. The van der Waals surface area contributed by atoms with Gasteiger partial charge in [0.25, 0.3) is 5.91 Å². The smallest absolute Gasteiger partial charge is 0.250 e. The molecule has 0 aliphatic carbocycles. The van der Waals surface area contributed by atoms with Crippen molar-refractivity contribution < 1.29 is 4.79 Å². The van der Waals surface area contributed by atoms with Crippen molar-refractivity contribution in [1.29, 1.82) is 0 Å². The molecule has 0 unspecified atom stereocenters. The maximum atomic E-state index is 11.5. The number of carbonyl (C=O) groups is 1. The van der Waals surface area contributed by atoms with Gasteiger partial charge in [0, 0.05) is 12.1 Å². The van der Waals surface area contributed by atoms with Crippen molar-refractivity contribution in [1.82, 2.24) is 25.6 Å². The number of benzene rings is 1. The number of thioether (sulfide) groups is 1. The van der Waals surface area contributed by atoms with E-state index in [0.717, 1.165) is 5.56 Å². The predicted molar refractivity (Wildman–Crippen MR) is 76.7 cm³/mol. The first-order valence-electron chi connectivity index (χ1n) is 5.58. The highest BCUT2D eigenvalue weighted by molar-refractivity contribution is 7.99. The van der Waals surface area contributed by atoms with Gasteiger partial charge in [0.05, 0.1) is 12.0 Å². The number of carbonyl (C=O) groups excluding carboxylic acids is 1. The van der Waals surface area contributed by atoms with Gasteiger partial charge in [-0.15, -0.1) is 5.10 Å². The molecule has 0 fully saturated rings. The van der Waals surface area contributed by atoms with Crippen LogP contribution in [-0.2, 0) is 11.8 Å². The van der Waals surface area contributed by atoms with Crippen LogP contribution in [0.2, 0.25) is 5.02 Å². The summed E-state index contributed by atoms with van der Waals surface area (Å²) >= 11 is 7.00. The van der Waals surface area contributed by atoms with Crippen LogP contribution in [0.5, 0.6) is 0 Å². The zero-order chi connectivity index (χ0) is 14.4. The highest BCUT2D eigenvalue weighted by Crippen LogP contribution is 2.11. The molecule has 2 rings (SSSR count). The monoisotopic (exact) mass is 310 g/mol. The maximum Gasteiger partial charge on any atom is 0.250 e. The zero-order valence-electron chi connectivity index (χ0n) is 10.5. The van der Waals surface area contributed by atoms with Gasteiger partial charge >= 0.3 is 0 Å². The van der Waals surface area contributed by atoms with Gasteiger partial charge in [-0.3, -0.25) is 4.79 Å². The Morgan fingerprint density at radius 3 is 2.90 bits per heavy atom. The third-order valence-electron chi connectivity index (χ3n) is 2.19. The average molecular weight is 311 g/mol. The Balaban J connectivity index is 1.77. The fraction of sp³-hybridized carbons (Fsp3) is 0.182. The molecule has 0 aliphatic rings. The second-order valence-corrected chi connectivity index (χ2v) is 5.10. The summed E-state index contributed by atoms with van der Waals surface area (Å²) in [5.74, 6) is -0.0465. The molecule has 0 saturated heterocycles. The van der Waals surface area contributed by atoms with Gasteiger partial charge in [0.1, 0.15) is 0 Å². The van der Waals surface area contributed by atoms with Crippen molar-refractivity contribution in [2.75, 3.05) is 5.75 Å². The lowest BCUT2D eigenvalue weighted by atomic mass is 10.2. The number of hydrazone groups is 1. The van der Waals surface area contributed by atoms with Crippen molar-refractivity contribution in [3.05, 3.63) is 34.9 Å². The quantitative estimate of drug-likeness (QED) is 0.508. The Hall–Kier alpha value is -1.93. The molecular formula is C11H11ClN6OS. The van der Waals surface area contributed by atoms with E-state index >= 15 is 0 Å². The van der Waals surface area contributed by atoms with Gasteiger partial charge in [-0.2, -0.15) is 5.10 Å². The third-order valence-corrected chi connectivity index (χ3v) is 3.45. The molecule has 1 amide bonds. The fourth-order valence-electron chi connectivity index (χ4n) is 1.23. The van der Waals surface area contributed by atoms with Gasteiger partial charge in [0.15, 0.2) is 0 Å². The summed E-state index contributed by atoms with van der Waals surface area (Å²) in [4.78, 5) is 11.5. The minimum atomic E-state index is -0.233. The van der Waals surface area contributed by atoms with Crippen molar-refractivity contribution in [2.24, 2.45) is 12.1 Å². The van der Waals surface area contributed by atoms with Gasteiger partial charge in [-0.05, 0) is 28.1 Å². The molecule has 0 aliphatic heterocycles. The van der Waals surface area contributed by atoms with Crippen LogP contribution < -0.4 is 5.43 Å². The van der Waals surface area contributed by atoms with Gasteiger partial charge in [-0.25, -0.2) is 10.1 Å². The molecule has 0 spiro atoms. The van der Waals surface area contributed by atoms with E-state index in [-0.39, 0.29) is 11.7 Å². The molecule has 104 valence electrons. The van der Waals surface area contributed by atoms with E-state index in [4.69, 9.17) is 11.6 Å². The number of rotatable bonds is 5. The first-order valence-corrected chi connectivity index (χ1v) is 6.94. The summed E-state index contributed by atoms with van der Waals surface area (Å²) in [6, 6.07) is 7.11. The van der Waals surface area contributed by atoms with Crippen LogP contribution in [0, 0.1) is 0 Å². The molecule has 0 bridgehead atoms. The van der Waals surface area contributed by atoms with Gasteiger partial charge in [0.2, 0.25) is 5.16 Å². The van der Waals surface area contributed by atoms with E-state index < -0.39 is 0 Å². The number of hydrogen-bond acceptors (Lipinski definition) is 6. The van der Waals surface area contributed by atoms with Crippen LogP contribution in [0.3, 0.4) is 0 Å². The van der Waals surface area contributed by atoms with E-state index in [9.17, 15) is 4.79 Å². The van der Waals surface area contributed by atoms with E-state index in [1.54, 1.807) is 37.5 Å². The maximum absolute atomic E-state index is 11.5. The molecule has 1 aromatic heterocycles. The number of halogens is 1. The lowest BCUT2D eigenvalue weighted by Gasteiger charge is -1.99. The molecular weight excluding hydrogens is 300 g/mol. The van der Waals surface area contributed by atoms with Crippen LogP contribution in [0.4, 0.5) is 0 Å². The molecule has 20 heavy (non-hydrogen) atoms. The molecule has 1 heterocycles. The topological polar surface area (TPSA) is 85.1 Å². The highest BCUT2D eigenvalue weighted by Gasteiger charge is 2.06. The minimum Gasteiger partial charge on any atom is -0.272 e. The second-order valence-electron chi connectivity index (χ2n) is 3.72. The normalized spacial score (nSPS) is 10.9. The number of tetrazole rings is 1. The van der Waals surface area contributed by atoms with Gasteiger partial charge < -0.3 is 0 Å². The summed E-state index contributed by atoms with van der Waals surface area (Å²) < 4.78 is 1.49. The Kier molecular flexibility index (Phi) is 5.08. The largest absolute Gasteiger partial charge is 0.272 e. The van der Waals surface area contributed by atoms with Crippen LogP contribution in [0.15, 0.2) is 34.5 Å². The first-order chi connectivity index (χ1) is 9.65. The Labute approximate surface area is 124 Å². The van der Waals surface area contributed by atoms with Crippen LogP contribution in [-0.4, -0.2) is 38.1 Å². The summed E-state index contributed by atoms with van der Waals surface area (Å²) in [5.41, 5.74) is 3.27. The van der Waals surface area contributed by atoms with Crippen LogP contribution in [0.1, 0.15) is 5.56 Å². The summed E-state index contributed by atoms with van der Waals surface area (Å²) in [7, 11) is 1.71. The number of aryl methyl sites for hydroxylation is 1. The van der Waals surface area contributed by atoms with E-state index in [2.05, 4.69) is 26.1 Å². The first kappa shape index (κ1) is 14.5. The molecule has 0 radical (unpaired) electrons. The minimum absolute atomic E-state index is 0.187. The molecule has 9 heteroatoms. The Bertz CT molecular complexity index is 612. The molecule has 1 aromatic carbocycles. The van der Waals surface area contributed by atoms with Gasteiger partial charge in [-0.1, -0.05) is 35.5 Å². The Morgan fingerprint density at radius 1 is 1.50 bits per heavy atom. The highest BCUT2D eigenvalue weighted by atomic mass is 35.5. The van der Waals surface area contributed by atoms with Crippen molar-refractivity contribution in [3.63, 3.8) is 0 Å². The van der Waals surface area contributed by atoms with E-state index in [0.29, 0.717) is 10.2 Å². The number of aromatic nitrogens is 4. The molecule has 1 N–H and O–H groups in total. The predicted octanol–water partition coefficient (Wildman–Crippen LogP) is 1.11. The lowest BCUT2D eigenvalue weighted by Crippen LogP contribution is -2.19. The number of amides is 1. The lowest BCUT2D eigenvalue weighted by molar-refractivity contribution is -0.118. The number of nitrogens with one attached hydrogen (secondary N) is 1. The fourth-order valence-corrected chi connectivity index (χ4v) is 2.00. The SMILES string of the molecule is Cn1nnnc1SCC(=O)N/N=C/c1ccc(Cl)cc1. The van der Waals surface area contributed by atoms with Crippen LogP contribution in [0.25, 0.3) is 0 Å². The Morgan fingerprint density at radius 2 is 2.25 bits per heavy atom.